The van der Waals surface area contributed by atoms with Gasteiger partial charge in [-0.1, -0.05) is 12.1 Å². The molecule has 0 unspecified atom stereocenters. The number of carboxylic acids is 1. The van der Waals surface area contributed by atoms with Crippen LogP contribution in [0.25, 0.3) is 0 Å². The number of amides is 2. The Morgan fingerprint density at radius 3 is 2.68 bits per heavy atom. The number of rotatable bonds is 6. The SMILES string of the molecule is CN(C(=O)C1CC1)c1ccccc1C(=O)Nc1ccn(CC(=O)O)n1. The maximum Gasteiger partial charge on any atom is 0.325 e. The zero-order valence-corrected chi connectivity index (χ0v) is 13.7. The second-order valence-corrected chi connectivity index (χ2v) is 5.94. The number of carbonyl (C=O) groups excluding carboxylic acids is 2. The summed E-state index contributed by atoms with van der Waals surface area (Å²) in [5, 5.41) is 15.4. The smallest absolute Gasteiger partial charge is 0.325 e. The van der Waals surface area contributed by atoms with Gasteiger partial charge in [-0.15, -0.1) is 0 Å². The van der Waals surface area contributed by atoms with Gasteiger partial charge in [-0.05, 0) is 25.0 Å². The average Bonchev–Trinajstić information content (AvgIpc) is 3.35. The highest BCUT2D eigenvalue weighted by Gasteiger charge is 2.33. The zero-order chi connectivity index (χ0) is 18.0. The first-order valence-corrected chi connectivity index (χ1v) is 7.89. The number of carboxylic acid groups (broad SMARTS) is 1. The number of carbonyl (C=O) groups is 3. The number of para-hydroxylation sites is 1. The van der Waals surface area contributed by atoms with Crippen molar-refractivity contribution in [1.29, 1.82) is 0 Å². The summed E-state index contributed by atoms with van der Waals surface area (Å²) < 4.78 is 1.21. The van der Waals surface area contributed by atoms with Crippen molar-refractivity contribution in [3.8, 4) is 0 Å². The zero-order valence-electron chi connectivity index (χ0n) is 13.7. The topological polar surface area (TPSA) is 105 Å². The summed E-state index contributed by atoms with van der Waals surface area (Å²) in [6, 6.07) is 8.36. The number of aliphatic carboxylic acids is 1. The number of hydrogen-bond acceptors (Lipinski definition) is 4. The van der Waals surface area contributed by atoms with Crippen LogP contribution >= 0.6 is 0 Å². The Labute approximate surface area is 144 Å². The summed E-state index contributed by atoms with van der Waals surface area (Å²) in [6.07, 6.45) is 3.25. The molecule has 1 aliphatic rings. The summed E-state index contributed by atoms with van der Waals surface area (Å²) in [5.74, 6) is -1.13. The molecule has 8 nitrogen and oxygen atoms in total. The predicted molar refractivity (Wildman–Crippen MR) is 90.4 cm³/mol. The van der Waals surface area contributed by atoms with E-state index in [2.05, 4.69) is 10.4 Å². The van der Waals surface area contributed by atoms with Gasteiger partial charge in [0.2, 0.25) is 5.91 Å². The van der Waals surface area contributed by atoms with Gasteiger partial charge in [0.25, 0.3) is 5.91 Å². The third-order valence-corrected chi connectivity index (χ3v) is 3.95. The number of aromatic nitrogens is 2. The molecule has 1 aromatic carbocycles. The normalized spacial score (nSPS) is 13.3. The molecule has 2 N–H and O–H groups in total. The quantitative estimate of drug-likeness (QED) is 0.829. The van der Waals surface area contributed by atoms with Gasteiger partial charge in [-0.2, -0.15) is 5.10 Å². The van der Waals surface area contributed by atoms with Crippen molar-refractivity contribution in [2.24, 2.45) is 5.92 Å². The molecule has 130 valence electrons. The van der Waals surface area contributed by atoms with Crippen LogP contribution < -0.4 is 10.2 Å². The van der Waals surface area contributed by atoms with Crippen LogP contribution in [0.2, 0.25) is 0 Å². The molecule has 3 rings (SSSR count). The van der Waals surface area contributed by atoms with Crippen LogP contribution in [0.5, 0.6) is 0 Å². The Kier molecular flexibility index (Phi) is 4.51. The average molecular weight is 342 g/mol. The lowest BCUT2D eigenvalue weighted by Gasteiger charge is -2.20. The second kappa shape index (κ2) is 6.76. The monoisotopic (exact) mass is 342 g/mol. The number of anilines is 2. The number of hydrogen-bond donors (Lipinski definition) is 2. The summed E-state index contributed by atoms with van der Waals surface area (Å²) in [4.78, 5) is 37.0. The molecule has 2 amide bonds. The first-order valence-electron chi connectivity index (χ1n) is 7.89. The molecule has 8 heteroatoms. The van der Waals surface area contributed by atoms with E-state index in [9.17, 15) is 14.4 Å². The Morgan fingerprint density at radius 2 is 2.00 bits per heavy atom. The van der Waals surface area contributed by atoms with Gasteiger partial charge < -0.3 is 15.3 Å². The van der Waals surface area contributed by atoms with Crippen LogP contribution in [-0.2, 0) is 16.1 Å². The van der Waals surface area contributed by atoms with E-state index < -0.39 is 11.9 Å². The lowest BCUT2D eigenvalue weighted by atomic mass is 10.1. The standard InChI is InChI=1S/C17H18N4O4/c1-20(17(25)11-6-7-11)13-5-3-2-4-12(13)16(24)18-14-8-9-21(19-14)10-15(22)23/h2-5,8-9,11H,6-7,10H2,1H3,(H,22,23)(H,18,19,24). The largest absolute Gasteiger partial charge is 0.480 e. The Morgan fingerprint density at radius 1 is 1.28 bits per heavy atom. The molecule has 0 saturated heterocycles. The van der Waals surface area contributed by atoms with E-state index in [1.54, 1.807) is 31.3 Å². The van der Waals surface area contributed by atoms with Crippen LogP contribution in [0, 0.1) is 5.92 Å². The lowest BCUT2D eigenvalue weighted by molar-refractivity contribution is -0.137. The molecule has 1 saturated carbocycles. The molecule has 0 atom stereocenters. The second-order valence-electron chi connectivity index (χ2n) is 5.94. The van der Waals surface area contributed by atoms with Crippen molar-refractivity contribution in [2.75, 3.05) is 17.3 Å². The van der Waals surface area contributed by atoms with E-state index in [4.69, 9.17) is 5.11 Å². The molecule has 0 radical (unpaired) electrons. The summed E-state index contributed by atoms with van der Waals surface area (Å²) >= 11 is 0. The van der Waals surface area contributed by atoms with Gasteiger partial charge in [0.1, 0.15) is 6.54 Å². The Bertz CT molecular complexity index is 826. The summed E-state index contributed by atoms with van der Waals surface area (Å²) in [6.45, 7) is -0.287. The molecule has 0 bridgehead atoms. The van der Waals surface area contributed by atoms with Gasteiger partial charge in [0.15, 0.2) is 5.82 Å². The minimum Gasteiger partial charge on any atom is -0.480 e. The minimum absolute atomic E-state index is 0.00554. The highest BCUT2D eigenvalue weighted by molar-refractivity contribution is 6.10. The van der Waals surface area contributed by atoms with Gasteiger partial charge in [0.05, 0.1) is 11.3 Å². The predicted octanol–water partition coefficient (Wildman–Crippen LogP) is 1.59. The molecular weight excluding hydrogens is 324 g/mol. The highest BCUT2D eigenvalue weighted by Crippen LogP contribution is 2.33. The first-order chi connectivity index (χ1) is 12.0. The summed E-state index contributed by atoms with van der Waals surface area (Å²) in [7, 11) is 1.66. The molecule has 1 aliphatic carbocycles. The van der Waals surface area contributed by atoms with E-state index in [1.165, 1.54) is 21.8 Å². The maximum atomic E-state index is 12.6. The van der Waals surface area contributed by atoms with Crippen LogP contribution in [0.4, 0.5) is 11.5 Å². The van der Waals surface area contributed by atoms with Crippen molar-refractivity contribution in [3.05, 3.63) is 42.1 Å². The lowest BCUT2D eigenvalue weighted by Crippen LogP contribution is -2.30. The molecule has 0 aliphatic heterocycles. The molecule has 2 aromatic rings. The summed E-state index contributed by atoms with van der Waals surface area (Å²) in [5.41, 5.74) is 0.883. The van der Waals surface area contributed by atoms with Crippen LogP contribution in [0.1, 0.15) is 23.2 Å². The van der Waals surface area contributed by atoms with Crippen molar-refractivity contribution < 1.29 is 19.5 Å². The number of nitrogens with one attached hydrogen (secondary N) is 1. The third-order valence-electron chi connectivity index (χ3n) is 3.95. The molecular formula is C17H18N4O4. The van der Waals surface area contributed by atoms with Crippen molar-refractivity contribution in [3.63, 3.8) is 0 Å². The molecule has 0 spiro atoms. The molecule has 1 heterocycles. The van der Waals surface area contributed by atoms with E-state index in [0.29, 0.717) is 11.3 Å². The molecule has 1 fully saturated rings. The van der Waals surface area contributed by atoms with Gasteiger partial charge in [-0.25, -0.2) is 0 Å². The van der Waals surface area contributed by atoms with Crippen molar-refractivity contribution in [2.45, 2.75) is 19.4 Å². The molecule has 1 aromatic heterocycles. The fourth-order valence-corrected chi connectivity index (χ4v) is 2.52. The van der Waals surface area contributed by atoms with E-state index in [1.807, 2.05) is 0 Å². The van der Waals surface area contributed by atoms with Gasteiger partial charge >= 0.3 is 5.97 Å². The van der Waals surface area contributed by atoms with Crippen LogP contribution in [0.3, 0.4) is 0 Å². The highest BCUT2D eigenvalue weighted by atomic mass is 16.4. The van der Waals surface area contributed by atoms with Crippen molar-refractivity contribution >= 4 is 29.3 Å². The Hall–Kier alpha value is -3.16. The fourth-order valence-electron chi connectivity index (χ4n) is 2.52. The minimum atomic E-state index is -1.02. The number of nitrogens with zero attached hydrogens (tertiary/aromatic N) is 3. The van der Waals surface area contributed by atoms with Crippen LogP contribution in [-0.4, -0.2) is 39.7 Å². The van der Waals surface area contributed by atoms with Gasteiger partial charge in [0, 0.05) is 25.2 Å². The van der Waals surface area contributed by atoms with Gasteiger partial charge in [-0.3, -0.25) is 19.1 Å². The van der Waals surface area contributed by atoms with E-state index in [-0.39, 0.29) is 24.2 Å². The van der Waals surface area contributed by atoms with Crippen LogP contribution in [0.15, 0.2) is 36.5 Å². The maximum absolute atomic E-state index is 12.6. The Balaban J connectivity index is 1.77. The first kappa shape index (κ1) is 16.7. The van der Waals surface area contributed by atoms with E-state index >= 15 is 0 Å². The fraction of sp³-hybridized carbons (Fsp3) is 0.294. The number of benzene rings is 1. The van der Waals surface area contributed by atoms with Crippen molar-refractivity contribution in [1.82, 2.24) is 9.78 Å². The molecule has 25 heavy (non-hydrogen) atoms. The van der Waals surface area contributed by atoms with E-state index in [0.717, 1.165) is 12.8 Å². The third kappa shape index (κ3) is 3.85.